The molecule has 0 saturated heterocycles. The third kappa shape index (κ3) is 2.00. The zero-order chi connectivity index (χ0) is 17.5. The highest BCUT2D eigenvalue weighted by Gasteiger charge is 2.68. The number of hydrogen-bond donors (Lipinski definition) is 3. The first kappa shape index (κ1) is 17.8. The van der Waals surface area contributed by atoms with Crippen molar-refractivity contribution >= 4 is 15.9 Å². The molecule has 0 radical (unpaired) electrons. The lowest BCUT2D eigenvalue weighted by atomic mass is 9.42. The molecule has 0 spiro atoms. The van der Waals surface area contributed by atoms with Gasteiger partial charge in [-0.2, -0.15) is 0 Å². The Morgan fingerprint density at radius 3 is 2.33 bits per heavy atom. The summed E-state index contributed by atoms with van der Waals surface area (Å²) < 4.78 is -0.372. The molecule has 0 aromatic rings. The first-order valence-corrected chi connectivity index (χ1v) is 10.7. The fourth-order valence-corrected chi connectivity index (χ4v) is 8.90. The van der Waals surface area contributed by atoms with Crippen LogP contribution in [-0.4, -0.2) is 38.0 Å². The molecule has 3 nitrogen and oxygen atoms in total. The van der Waals surface area contributed by atoms with Gasteiger partial charge in [0.05, 0.1) is 22.6 Å². The van der Waals surface area contributed by atoms with Gasteiger partial charge in [-0.15, -0.1) is 0 Å². The topological polar surface area (TPSA) is 60.7 Å². The van der Waals surface area contributed by atoms with Gasteiger partial charge in [-0.25, -0.2) is 0 Å². The van der Waals surface area contributed by atoms with Crippen LogP contribution >= 0.6 is 15.9 Å². The molecule has 4 aliphatic carbocycles. The summed E-state index contributed by atoms with van der Waals surface area (Å²) in [5, 5.41) is 32.1. The summed E-state index contributed by atoms with van der Waals surface area (Å²) in [7, 11) is 0. The van der Waals surface area contributed by atoms with Crippen LogP contribution < -0.4 is 0 Å². The van der Waals surface area contributed by atoms with Crippen LogP contribution in [0.25, 0.3) is 0 Å². The highest BCUT2D eigenvalue weighted by atomic mass is 79.9. The van der Waals surface area contributed by atoms with Crippen molar-refractivity contribution in [1.29, 1.82) is 0 Å². The van der Waals surface area contributed by atoms with E-state index in [-0.39, 0.29) is 27.4 Å². The minimum absolute atomic E-state index is 0.00341. The van der Waals surface area contributed by atoms with Gasteiger partial charge in [-0.3, -0.25) is 0 Å². The summed E-state index contributed by atoms with van der Waals surface area (Å²) in [5.41, 5.74) is 0.0460. The lowest BCUT2D eigenvalue weighted by molar-refractivity contribution is -0.176. The normalized spacial score (nSPS) is 63.4. The Labute approximate surface area is 154 Å². The molecule has 4 aliphatic rings. The Kier molecular flexibility index (Phi) is 4.02. The van der Waals surface area contributed by atoms with E-state index in [1.165, 1.54) is 0 Å². The monoisotopic (exact) mass is 400 g/mol. The van der Waals surface area contributed by atoms with E-state index in [4.69, 9.17) is 0 Å². The minimum Gasteiger partial charge on any atom is -0.393 e. The molecule has 5 unspecified atom stereocenters. The third-order valence-corrected chi connectivity index (χ3v) is 11.0. The van der Waals surface area contributed by atoms with Crippen LogP contribution in [0.1, 0.15) is 65.7 Å². The second-order valence-electron chi connectivity index (χ2n) is 9.91. The van der Waals surface area contributed by atoms with Crippen molar-refractivity contribution in [3.05, 3.63) is 0 Å². The highest BCUT2D eigenvalue weighted by Crippen LogP contribution is 2.70. The lowest BCUT2D eigenvalue weighted by Crippen LogP contribution is -2.68. The van der Waals surface area contributed by atoms with Crippen molar-refractivity contribution in [2.45, 2.75) is 88.4 Å². The number of aliphatic hydroxyl groups excluding tert-OH is 3. The standard InChI is InChI=1S/C20H33BrO3/c1-11-8-12(22)10-20(21)17(24)9-13-14-4-5-16(23)18(14,2)7-6-15(13)19(11,20)3/h11-17,22-24H,4-10H2,1-3H3/t11?,12?,13-,14-,15+,16?,17?,18-,19+,20?/m0/s1. The van der Waals surface area contributed by atoms with Gasteiger partial charge in [0.15, 0.2) is 0 Å². The van der Waals surface area contributed by atoms with Gasteiger partial charge in [-0.1, -0.05) is 36.7 Å². The van der Waals surface area contributed by atoms with E-state index >= 15 is 0 Å². The largest absolute Gasteiger partial charge is 0.393 e. The van der Waals surface area contributed by atoms with Gasteiger partial charge in [0.1, 0.15) is 0 Å². The van der Waals surface area contributed by atoms with Crippen molar-refractivity contribution < 1.29 is 15.3 Å². The Bertz CT molecular complexity index is 527. The Morgan fingerprint density at radius 1 is 0.917 bits per heavy atom. The number of halogens is 1. The molecule has 0 bridgehead atoms. The van der Waals surface area contributed by atoms with Gasteiger partial charge in [0.2, 0.25) is 0 Å². The summed E-state index contributed by atoms with van der Waals surface area (Å²) in [4.78, 5) is 0. The quantitative estimate of drug-likeness (QED) is 0.545. The van der Waals surface area contributed by atoms with Crippen molar-refractivity contribution in [3.8, 4) is 0 Å². The number of aliphatic hydroxyl groups is 3. The van der Waals surface area contributed by atoms with Gasteiger partial charge in [0.25, 0.3) is 0 Å². The molecule has 24 heavy (non-hydrogen) atoms. The van der Waals surface area contributed by atoms with E-state index in [9.17, 15) is 15.3 Å². The maximum Gasteiger partial charge on any atom is 0.0702 e. The summed E-state index contributed by atoms with van der Waals surface area (Å²) in [6, 6.07) is 0. The van der Waals surface area contributed by atoms with E-state index in [0.717, 1.165) is 38.5 Å². The van der Waals surface area contributed by atoms with E-state index in [1.807, 2.05) is 0 Å². The van der Waals surface area contributed by atoms with Crippen LogP contribution in [0.4, 0.5) is 0 Å². The summed E-state index contributed by atoms with van der Waals surface area (Å²) in [5.74, 6) is 2.00. The predicted octanol–water partition coefficient (Wildman–Crippen LogP) is 3.49. The maximum atomic E-state index is 11.2. The van der Waals surface area contributed by atoms with E-state index < -0.39 is 6.10 Å². The molecule has 4 heteroatoms. The summed E-state index contributed by atoms with van der Waals surface area (Å²) in [6.45, 7) is 6.92. The molecule has 3 N–H and O–H groups in total. The van der Waals surface area contributed by atoms with Crippen LogP contribution in [0.5, 0.6) is 0 Å². The van der Waals surface area contributed by atoms with E-state index in [2.05, 4.69) is 36.7 Å². The molecule has 4 rings (SSSR count). The minimum atomic E-state index is -0.416. The molecule has 0 amide bonds. The van der Waals surface area contributed by atoms with Crippen molar-refractivity contribution in [2.75, 3.05) is 0 Å². The molecule has 0 heterocycles. The smallest absolute Gasteiger partial charge is 0.0702 e. The number of fused-ring (bicyclic) bond motifs is 5. The second-order valence-corrected chi connectivity index (χ2v) is 11.3. The van der Waals surface area contributed by atoms with Crippen LogP contribution in [-0.2, 0) is 0 Å². The molecular formula is C20H33BrO3. The maximum absolute atomic E-state index is 11.2. The molecule has 10 atom stereocenters. The summed E-state index contributed by atoms with van der Waals surface area (Å²) >= 11 is 3.98. The lowest BCUT2D eigenvalue weighted by Gasteiger charge is -2.67. The third-order valence-electron chi connectivity index (χ3n) is 9.26. The number of hydrogen-bond acceptors (Lipinski definition) is 3. The Morgan fingerprint density at radius 2 is 1.62 bits per heavy atom. The SMILES string of the molecule is CC1CC(O)CC2(Br)C(O)C[C@@H]3[C@@H](CC[C@]4(C)C(O)CC[C@@H]34)[C@@]12C. The van der Waals surface area contributed by atoms with Crippen molar-refractivity contribution in [1.82, 2.24) is 0 Å². The second kappa shape index (κ2) is 5.43. The zero-order valence-electron chi connectivity index (χ0n) is 15.2. The Balaban J connectivity index is 1.75. The van der Waals surface area contributed by atoms with Crippen LogP contribution in [0.2, 0.25) is 0 Å². The molecule has 138 valence electrons. The molecule has 4 saturated carbocycles. The summed E-state index contributed by atoms with van der Waals surface area (Å²) in [6.07, 6.45) is 5.68. The number of rotatable bonds is 0. The van der Waals surface area contributed by atoms with Gasteiger partial charge >= 0.3 is 0 Å². The van der Waals surface area contributed by atoms with Crippen LogP contribution in [0.15, 0.2) is 0 Å². The fourth-order valence-electron chi connectivity index (χ4n) is 7.66. The highest BCUT2D eigenvalue weighted by molar-refractivity contribution is 9.10. The molecule has 0 aromatic carbocycles. The zero-order valence-corrected chi connectivity index (χ0v) is 16.8. The first-order chi connectivity index (χ1) is 11.1. The average molecular weight is 401 g/mol. The molecular weight excluding hydrogens is 368 g/mol. The van der Waals surface area contributed by atoms with Crippen LogP contribution in [0, 0.1) is 34.5 Å². The van der Waals surface area contributed by atoms with Crippen molar-refractivity contribution in [2.24, 2.45) is 34.5 Å². The van der Waals surface area contributed by atoms with E-state index in [1.54, 1.807) is 0 Å². The molecule has 0 aliphatic heterocycles. The molecule has 0 aromatic heterocycles. The predicted molar refractivity (Wildman–Crippen MR) is 97.8 cm³/mol. The Hall–Kier alpha value is 0.360. The van der Waals surface area contributed by atoms with Gasteiger partial charge in [0, 0.05) is 0 Å². The number of alkyl halides is 1. The van der Waals surface area contributed by atoms with Gasteiger partial charge in [-0.05, 0) is 79.4 Å². The van der Waals surface area contributed by atoms with E-state index in [0.29, 0.717) is 30.1 Å². The van der Waals surface area contributed by atoms with Crippen molar-refractivity contribution in [3.63, 3.8) is 0 Å². The molecule has 4 fully saturated rings. The van der Waals surface area contributed by atoms with Crippen LogP contribution in [0.3, 0.4) is 0 Å². The van der Waals surface area contributed by atoms with Gasteiger partial charge < -0.3 is 15.3 Å². The first-order valence-electron chi connectivity index (χ1n) is 9.87. The fraction of sp³-hybridized carbons (Fsp3) is 1.00. The average Bonchev–Trinajstić information content (AvgIpc) is 2.80.